The molecule has 0 aliphatic carbocycles. The number of fused-ring (bicyclic) bond motifs is 1. The first-order valence-electron chi connectivity index (χ1n) is 3.08. The fourth-order valence-corrected chi connectivity index (χ4v) is 1.47. The van der Waals surface area contributed by atoms with Crippen LogP contribution in [0.2, 0.25) is 0 Å². The molecule has 0 spiro atoms. The molecule has 1 heterocycles. The van der Waals surface area contributed by atoms with Gasteiger partial charge in [0, 0.05) is 5.56 Å². The van der Waals surface area contributed by atoms with E-state index < -0.39 is 0 Å². The predicted octanol–water partition coefficient (Wildman–Crippen LogP) is 1.13. The van der Waals surface area contributed by atoms with Gasteiger partial charge in [-0.2, -0.15) is 0 Å². The molecule has 0 fully saturated rings. The van der Waals surface area contributed by atoms with E-state index in [1.165, 1.54) is 0 Å². The Labute approximate surface area is 61.8 Å². The molecular formula is C7H6O2Si. The Hall–Kier alpha value is -0.803. The van der Waals surface area contributed by atoms with Crippen molar-refractivity contribution in [3.05, 3.63) is 29.8 Å². The molecule has 2 radical (unpaired) electrons. The molecule has 1 aromatic rings. The van der Waals surface area contributed by atoms with Crippen molar-refractivity contribution in [3.63, 3.8) is 0 Å². The van der Waals surface area contributed by atoms with Gasteiger partial charge in [0.05, 0.1) is 6.61 Å². The van der Waals surface area contributed by atoms with Crippen molar-refractivity contribution in [2.75, 3.05) is 0 Å². The van der Waals surface area contributed by atoms with Crippen LogP contribution in [-0.4, -0.2) is 10.0 Å². The normalized spacial score (nSPS) is 15.6. The predicted molar refractivity (Wildman–Crippen MR) is 37.6 cm³/mol. The van der Waals surface area contributed by atoms with Crippen LogP contribution < -0.4 is 4.43 Å². The Bertz CT molecular complexity index is 212. The second-order valence-electron chi connectivity index (χ2n) is 2.08. The zero-order valence-corrected chi connectivity index (χ0v) is 6.33. The Kier molecular flexibility index (Phi) is 1.45. The van der Waals surface area contributed by atoms with E-state index in [9.17, 15) is 0 Å². The van der Waals surface area contributed by atoms with E-state index in [2.05, 4.69) is 0 Å². The lowest BCUT2D eigenvalue weighted by Crippen LogP contribution is -2.14. The molecule has 0 N–H and O–H groups in total. The van der Waals surface area contributed by atoms with E-state index in [0.29, 0.717) is 6.61 Å². The lowest BCUT2D eigenvalue weighted by atomic mass is 10.2. The first-order chi connectivity index (χ1) is 4.97. The summed E-state index contributed by atoms with van der Waals surface area (Å²) in [6.45, 7) is 0.689. The molecule has 0 saturated heterocycles. The zero-order chi connectivity index (χ0) is 6.81. The fraction of sp³-hybridized carbons (Fsp3) is 0.143. The molecule has 1 aliphatic rings. The SMILES string of the molecule is c1ccc2c(c1)CO[Si]O2. The number of benzene rings is 1. The maximum atomic E-state index is 5.23. The number of rotatable bonds is 0. The fourth-order valence-electron chi connectivity index (χ4n) is 0.904. The van der Waals surface area contributed by atoms with E-state index in [4.69, 9.17) is 8.85 Å². The van der Waals surface area contributed by atoms with Gasteiger partial charge in [-0.05, 0) is 6.07 Å². The highest BCUT2D eigenvalue weighted by molar-refractivity contribution is 6.19. The molecule has 0 bridgehead atoms. The molecule has 0 unspecified atom stereocenters. The van der Waals surface area contributed by atoms with Crippen LogP contribution in [0.15, 0.2) is 24.3 Å². The maximum Gasteiger partial charge on any atom is 0.521 e. The van der Waals surface area contributed by atoms with E-state index in [1.54, 1.807) is 0 Å². The standard InChI is InChI=1S/C7H6O2Si/c1-2-4-7-6(3-1)5-8-10-9-7/h1-4H,5H2. The average Bonchev–Trinajstić information content (AvgIpc) is 2.05. The van der Waals surface area contributed by atoms with Crippen molar-refractivity contribution < 1.29 is 8.85 Å². The van der Waals surface area contributed by atoms with E-state index in [-0.39, 0.29) is 10.0 Å². The molecular weight excluding hydrogens is 144 g/mol. The third-order valence-corrected chi connectivity index (χ3v) is 1.98. The summed E-state index contributed by atoms with van der Waals surface area (Å²) >= 11 is 0. The Morgan fingerprint density at radius 3 is 3.10 bits per heavy atom. The van der Waals surface area contributed by atoms with Gasteiger partial charge < -0.3 is 8.85 Å². The van der Waals surface area contributed by atoms with Crippen molar-refractivity contribution in [2.24, 2.45) is 0 Å². The summed E-state index contributed by atoms with van der Waals surface area (Å²) < 4.78 is 10.3. The van der Waals surface area contributed by atoms with Crippen molar-refractivity contribution in [3.8, 4) is 5.75 Å². The van der Waals surface area contributed by atoms with Crippen LogP contribution >= 0.6 is 0 Å². The average molecular weight is 150 g/mol. The summed E-state index contributed by atoms with van der Waals surface area (Å²) in [4.78, 5) is 0. The molecule has 0 atom stereocenters. The Balaban J connectivity index is 2.41. The quantitative estimate of drug-likeness (QED) is 0.516. The molecule has 50 valence electrons. The summed E-state index contributed by atoms with van der Waals surface area (Å²) in [7, 11) is 0.169. The largest absolute Gasteiger partial charge is 0.521 e. The molecule has 2 nitrogen and oxygen atoms in total. The Morgan fingerprint density at radius 1 is 1.30 bits per heavy atom. The van der Waals surface area contributed by atoms with Gasteiger partial charge in [-0.1, -0.05) is 18.2 Å². The number of para-hydroxylation sites is 1. The first-order valence-corrected chi connectivity index (χ1v) is 3.90. The van der Waals surface area contributed by atoms with Gasteiger partial charge in [-0.15, -0.1) is 0 Å². The minimum atomic E-state index is 0.169. The zero-order valence-electron chi connectivity index (χ0n) is 5.33. The molecule has 0 amide bonds. The minimum Gasteiger partial charge on any atom is -0.517 e. The molecule has 3 heteroatoms. The molecule has 0 saturated carbocycles. The maximum absolute atomic E-state index is 5.23. The van der Waals surface area contributed by atoms with Crippen LogP contribution in [0.3, 0.4) is 0 Å². The van der Waals surface area contributed by atoms with E-state index >= 15 is 0 Å². The third-order valence-electron chi connectivity index (χ3n) is 1.41. The van der Waals surface area contributed by atoms with Crippen LogP contribution in [0.4, 0.5) is 0 Å². The second kappa shape index (κ2) is 2.44. The minimum absolute atomic E-state index is 0.169. The van der Waals surface area contributed by atoms with Crippen LogP contribution in [0, 0.1) is 0 Å². The smallest absolute Gasteiger partial charge is 0.517 e. The van der Waals surface area contributed by atoms with Gasteiger partial charge in [0.25, 0.3) is 0 Å². The monoisotopic (exact) mass is 150 g/mol. The first kappa shape index (κ1) is 5.94. The van der Waals surface area contributed by atoms with Gasteiger partial charge >= 0.3 is 10.0 Å². The molecule has 2 rings (SSSR count). The summed E-state index contributed by atoms with van der Waals surface area (Å²) in [5.74, 6) is 0.965. The topological polar surface area (TPSA) is 18.5 Å². The number of hydrogen-bond acceptors (Lipinski definition) is 2. The van der Waals surface area contributed by atoms with Gasteiger partial charge in [0.15, 0.2) is 0 Å². The second-order valence-corrected chi connectivity index (χ2v) is 2.74. The summed E-state index contributed by atoms with van der Waals surface area (Å²) in [6, 6.07) is 7.93. The summed E-state index contributed by atoms with van der Waals surface area (Å²) in [6.07, 6.45) is 0. The van der Waals surface area contributed by atoms with E-state index in [0.717, 1.165) is 11.3 Å². The van der Waals surface area contributed by atoms with Gasteiger partial charge in [0.2, 0.25) is 0 Å². The molecule has 0 aromatic heterocycles. The van der Waals surface area contributed by atoms with Gasteiger partial charge in [0.1, 0.15) is 5.75 Å². The highest BCUT2D eigenvalue weighted by Gasteiger charge is 2.09. The van der Waals surface area contributed by atoms with Crippen molar-refractivity contribution in [1.29, 1.82) is 0 Å². The van der Waals surface area contributed by atoms with Crippen LogP contribution in [0.5, 0.6) is 5.75 Å². The summed E-state index contributed by atoms with van der Waals surface area (Å²) in [5.41, 5.74) is 1.14. The summed E-state index contributed by atoms with van der Waals surface area (Å²) in [5, 5.41) is 0. The molecule has 1 aliphatic heterocycles. The van der Waals surface area contributed by atoms with Crippen LogP contribution in [0.25, 0.3) is 0 Å². The van der Waals surface area contributed by atoms with E-state index in [1.807, 2.05) is 24.3 Å². The van der Waals surface area contributed by atoms with Crippen molar-refractivity contribution >= 4 is 10.0 Å². The van der Waals surface area contributed by atoms with Gasteiger partial charge in [-0.25, -0.2) is 0 Å². The van der Waals surface area contributed by atoms with Crippen LogP contribution in [0.1, 0.15) is 5.56 Å². The van der Waals surface area contributed by atoms with Crippen molar-refractivity contribution in [1.82, 2.24) is 0 Å². The molecule has 1 aromatic carbocycles. The highest BCUT2D eigenvalue weighted by Crippen LogP contribution is 2.20. The van der Waals surface area contributed by atoms with Crippen molar-refractivity contribution in [2.45, 2.75) is 6.61 Å². The van der Waals surface area contributed by atoms with Crippen LogP contribution in [-0.2, 0) is 11.0 Å². The third kappa shape index (κ3) is 0.935. The lowest BCUT2D eigenvalue weighted by Gasteiger charge is -2.14. The highest BCUT2D eigenvalue weighted by atomic mass is 28.3. The lowest BCUT2D eigenvalue weighted by molar-refractivity contribution is 0.252. The van der Waals surface area contributed by atoms with Gasteiger partial charge in [-0.3, -0.25) is 0 Å². The number of hydrogen-bond donors (Lipinski definition) is 0. The Morgan fingerprint density at radius 2 is 2.20 bits per heavy atom. The molecule has 10 heavy (non-hydrogen) atoms.